The van der Waals surface area contributed by atoms with Gasteiger partial charge in [0, 0.05) is 18.2 Å². The van der Waals surface area contributed by atoms with Crippen molar-refractivity contribution < 1.29 is 19.2 Å². The number of nitro benzene ring substituents is 1. The number of carbonyl (C=O) groups excluding carboxylic acids is 1. The lowest BCUT2D eigenvalue weighted by Crippen LogP contribution is -2.15. The Morgan fingerprint density at radius 2 is 1.90 bits per heavy atom. The van der Waals surface area contributed by atoms with Gasteiger partial charge in [-0.15, -0.1) is 10.2 Å². The van der Waals surface area contributed by atoms with Gasteiger partial charge >= 0.3 is 0 Å². The van der Waals surface area contributed by atoms with Crippen LogP contribution in [0.25, 0.3) is 11.4 Å². The summed E-state index contributed by atoms with van der Waals surface area (Å²) in [6.45, 7) is 2.54. The summed E-state index contributed by atoms with van der Waals surface area (Å²) < 4.78 is 12.5. The van der Waals surface area contributed by atoms with Gasteiger partial charge in [-0.25, -0.2) is 0 Å². The summed E-state index contributed by atoms with van der Waals surface area (Å²) in [6, 6.07) is 11.4. The second kappa shape index (κ2) is 9.94. The molecule has 10 nitrogen and oxygen atoms in total. The SMILES string of the molecule is CCn1c(SCC(=O)Nc2ccccc2[N+](=O)[O-])nnc1-c1ccc(OC)c(OC)c1. The largest absolute Gasteiger partial charge is 0.493 e. The Kier molecular flexibility index (Phi) is 7.08. The highest BCUT2D eigenvalue weighted by atomic mass is 32.2. The molecule has 162 valence electrons. The van der Waals surface area contributed by atoms with Gasteiger partial charge in [-0.05, 0) is 31.2 Å². The van der Waals surface area contributed by atoms with Gasteiger partial charge in [-0.3, -0.25) is 14.9 Å². The highest BCUT2D eigenvalue weighted by molar-refractivity contribution is 7.99. The summed E-state index contributed by atoms with van der Waals surface area (Å²) in [4.78, 5) is 22.9. The number of hydrogen-bond acceptors (Lipinski definition) is 8. The average molecular weight is 443 g/mol. The van der Waals surface area contributed by atoms with E-state index in [0.717, 1.165) is 5.56 Å². The number of benzene rings is 2. The van der Waals surface area contributed by atoms with E-state index in [0.29, 0.717) is 29.0 Å². The Bertz CT molecular complexity index is 1100. The molecule has 0 unspecified atom stereocenters. The number of nitrogens with one attached hydrogen (secondary N) is 1. The van der Waals surface area contributed by atoms with Crippen LogP contribution in [0.15, 0.2) is 47.6 Å². The number of carbonyl (C=O) groups is 1. The first-order chi connectivity index (χ1) is 15.0. The Morgan fingerprint density at radius 1 is 1.16 bits per heavy atom. The van der Waals surface area contributed by atoms with Gasteiger partial charge in [0.2, 0.25) is 5.91 Å². The quantitative estimate of drug-likeness (QED) is 0.302. The molecule has 3 rings (SSSR count). The molecule has 0 spiro atoms. The second-order valence-corrected chi connectivity index (χ2v) is 7.17. The molecule has 3 aromatic rings. The van der Waals surface area contributed by atoms with Crippen LogP contribution >= 0.6 is 11.8 Å². The van der Waals surface area contributed by atoms with Gasteiger partial charge < -0.3 is 19.4 Å². The summed E-state index contributed by atoms with van der Waals surface area (Å²) in [5.41, 5.74) is 0.789. The first-order valence-electron chi connectivity index (χ1n) is 9.30. The highest BCUT2D eigenvalue weighted by Gasteiger charge is 2.18. The minimum atomic E-state index is -0.536. The molecule has 0 saturated heterocycles. The van der Waals surface area contributed by atoms with Crippen LogP contribution < -0.4 is 14.8 Å². The highest BCUT2D eigenvalue weighted by Crippen LogP contribution is 2.33. The predicted molar refractivity (Wildman–Crippen MR) is 117 cm³/mol. The van der Waals surface area contributed by atoms with Crippen LogP contribution in [0, 0.1) is 10.1 Å². The van der Waals surface area contributed by atoms with E-state index in [9.17, 15) is 14.9 Å². The number of aromatic nitrogens is 3. The van der Waals surface area contributed by atoms with E-state index < -0.39 is 4.92 Å². The van der Waals surface area contributed by atoms with Crippen molar-refractivity contribution in [1.29, 1.82) is 0 Å². The summed E-state index contributed by atoms with van der Waals surface area (Å²) >= 11 is 1.20. The van der Waals surface area contributed by atoms with Gasteiger partial charge in [0.1, 0.15) is 5.69 Å². The number of nitrogens with zero attached hydrogens (tertiary/aromatic N) is 4. The van der Waals surface area contributed by atoms with E-state index in [1.165, 1.54) is 23.9 Å². The van der Waals surface area contributed by atoms with Crippen molar-refractivity contribution in [3.8, 4) is 22.9 Å². The van der Waals surface area contributed by atoms with Crippen molar-refractivity contribution in [2.75, 3.05) is 25.3 Å². The fraction of sp³-hybridized carbons (Fsp3) is 0.250. The first-order valence-corrected chi connectivity index (χ1v) is 10.3. The Hall–Kier alpha value is -3.60. The summed E-state index contributed by atoms with van der Waals surface area (Å²) in [5.74, 6) is 1.46. The van der Waals surface area contributed by atoms with Gasteiger partial charge in [0.25, 0.3) is 5.69 Å². The molecule has 1 N–H and O–H groups in total. The summed E-state index contributed by atoms with van der Waals surface area (Å²) in [7, 11) is 3.12. The lowest BCUT2D eigenvalue weighted by atomic mass is 10.2. The normalized spacial score (nSPS) is 10.5. The number of anilines is 1. The monoisotopic (exact) mass is 443 g/mol. The minimum Gasteiger partial charge on any atom is -0.493 e. The molecule has 1 aromatic heterocycles. The third-order valence-corrected chi connectivity index (χ3v) is 5.35. The van der Waals surface area contributed by atoms with E-state index in [-0.39, 0.29) is 23.0 Å². The number of thioether (sulfide) groups is 1. The van der Waals surface area contributed by atoms with E-state index in [1.54, 1.807) is 32.4 Å². The van der Waals surface area contributed by atoms with Crippen molar-refractivity contribution in [2.24, 2.45) is 0 Å². The van der Waals surface area contributed by atoms with Crippen LogP contribution in [0.3, 0.4) is 0 Å². The van der Waals surface area contributed by atoms with Gasteiger partial charge in [0.05, 0.1) is 24.9 Å². The van der Waals surface area contributed by atoms with E-state index in [1.807, 2.05) is 23.6 Å². The van der Waals surface area contributed by atoms with Crippen LogP contribution in [0.5, 0.6) is 11.5 Å². The number of para-hydroxylation sites is 2. The van der Waals surface area contributed by atoms with E-state index in [2.05, 4.69) is 15.5 Å². The Labute approximate surface area is 182 Å². The molecule has 11 heteroatoms. The number of hydrogen-bond donors (Lipinski definition) is 1. The van der Waals surface area contributed by atoms with Crippen LogP contribution in [-0.4, -0.2) is 45.6 Å². The third-order valence-electron chi connectivity index (χ3n) is 4.38. The molecule has 0 bridgehead atoms. The molecule has 0 atom stereocenters. The van der Waals surface area contributed by atoms with Crippen LogP contribution in [0.2, 0.25) is 0 Å². The topological polar surface area (TPSA) is 121 Å². The van der Waals surface area contributed by atoms with Crippen molar-refractivity contribution in [2.45, 2.75) is 18.6 Å². The first kappa shape index (κ1) is 22.1. The molecule has 0 fully saturated rings. The molecule has 0 radical (unpaired) electrons. The minimum absolute atomic E-state index is 0.0239. The summed E-state index contributed by atoms with van der Waals surface area (Å²) in [5, 5.41) is 22.7. The maximum atomic E-state index is 12.3. The maximum Gasteiger partial charge on any atom is 0.292 e. The average Bonchev–Trinajstić information content (AvgIpc) is 3.20. The number of ether oxygens (including phenoxy) is 2. The van der Waals surface area contributed by atoms with E-state index >= 15 is 0 Å². The zero-order valence-corrected chi connectivity index (χ0v) is 18.0. The molecule has 0 saturated carbocycles. The fourth-order valence-corrected chi connectivity index (χ4v) is 3.73. The molecule has 31 heavy (non-hydrogen) atoms. The zero-order valence-electron chi connectivity index (χ0n) is 17.2. The molecule has 2 aromatic carbocycles. The lowest BCUT2D eigenvalue weighted by molar-refractivity contribution is -0.383. The molecular formula is C20H21N5O5S. The molecule has 0 aliphatic heterocycles. The van der Waals surface area contributed by atoms with Crippen molar-refractivity contribution >= 4 is 29.0 Å². The zero-order chi connectivity index (χ0) is 22.4. The number of nitro groups is 1. The molecular weight excluding hydrogens is 422 g/mol. The van der Waals surface area contributed by atoms with Gasteiger partial charge in [-0.2, -0.15) is 0 Å². The van der Waals surface area contributed by atoms with Crippen molar-refractivity contribution in [1.82, 2.24) is 14.8 Å². The predicted octanol–water partition coefficient (Wildman–Crippen LogP) is 3.62. The van der Waals surface area contributed by atoms with Crippen LogP contribution in [-0.2, 0) is 11.3 Å². The van der Waals surface area contributed by atoms with Crippen molar-refractivity contribution in [3.63, 3.8) is 0 Å². The van der Waals surface area contributed by atoms with E-state index in [4.69, 9.17) is 9.47 Å². The smallest absolute Gasteiger partial charge is 0.292 e. The number of amides is 1. The van der Waals surface area contributed by atoms with Crippen LogP contribution in [0.1, 0.15) is 6.92 Å². The summed E-state index contributed by atoms with van der Waals surface area (Å²) in [6.07, 6.45) is 0. The molecule has 0 aliphatic carbocycles. The maximum absolute atomic E-state index is 12.3. The molecule has 0 aliphatic rings. The second-order valence-electron chi connectivity index (χ2n) is 6.23. The van der Waals surface area contributed by atoms with Gasteiger partial charge in [0.15, 0.2) is 22.5 Å². The fourth-order valence-electron chi connectivity index (χ4n) is 2.92. The molecule has 1 heterocycles. The van der Waals surface area contributed by atoms with Crippen molar-refractivity contribution in [3.05, 3.63) is 52.6 Å². The van der Waals surface area contributed by atoms with Gasteiger partial charge in [-0.1, -0.05) is 23.9 Å². The Balaban J connectivity index is 1.75. The Morgan fingerprint density at radius 3 is 2.58 bits per heavy atom. The number of methoxy groups -OCH3 is 2. The standard InChI is InChI=1S/C20H21N5O5S/c1-4-24-19(13-9-10-16(29-2)17(11-13)30-3)22-23-20(24)31-12-18(26)21-14-7-5-6-8-15(14)25(27)28/h5-11H,4,12H2,1-3H3,(H,21,26). The number of rotatable bonds is 9. The molecule has 1 amide bonds. The van der Waals surface area contributed by atoms with Crippen LogP contribution in [0.4, 0.5) is 11.4 Å². The lowest BCUT2D eigenvalue weighted by Gasteiger charge is -2.11. The third kappa shape index (κ3) is 4.94.